The van der Waals surface area contributed by atoms with Gasteiger partial charge < -0.3 is 15.5 Å². The smallest absolute Gasteiger partial charge is 0.228 e. The van der Waals surface area contributed by atoms with Crippen LogP contribution in [0.3, 0.4) is 0 Å². The third-order valence-electron chi connectivity index (χ3n) is 7.55. The van der Waals surface area contributed by atoms with Crippen LogP contribution in [0.15, 0.2) is 84.9 Å². The van der Waals surface area contributed by atoms with Crippen LogP contribution in [0.25, 0.3) is 10.9 Å². The Morgan fingerprint density at radius 3 is 2.24 bits per heavy atom. The Kier molecular flexibility index (Phi) is 8.17. The average Bonchev–Trinajstić information content (AvgIpc) is 2.96. The van der Waals surface area contributed by atoms with Crippen LogP contribution in [0.1, 0.15) is 42.7 Å². The van der Waals surface area contributed by atoms with Crippen LogP contribution in [0, 0.1) is 5.92 Å². The molecule has 1 aliphatic rings. The number of fused-ring (bicyclic) bond motifs is 1. The zero-order chi connectivity index (χ0) is 26.3. The van der Waals surface area contributed by atoms with Gasteiger partial charge in [-0.15, -0.1) is 0 Å². The fraction of sp³-hybridized carbons (Fsp3) is 0.344. The SMILES string of the molecule is CN(C)c1nc(NCC2CCC(NC(=O)C(Cc3ccccc3)c3ccccc3)CC2)nc2ccccc12. The van der Waals surface area contributed by atoms with Crippen LogP contribution in [-0.4, -0.2) is 42.6 Å². The van der Waals surface area contributed by atoms with E-state index < -0.39 is 0 Å². The highest BCUT2D eigenvalue weighted by Gasteiger charge is 2.27. The lowest BCUT2D eigenvalue weighted by Gasteiger charge is -2.30. The van der Waals surface area contributed by atoms with Crippen LogP contribution in [0.4, 0.5) is 11.8 Å². The molecule has 38 heavy (non-hydrogen) atoms. The minimum absolute atomic E-state index is 0.127. The number of hydrogen-bond acceptors (Lipinski definition) is 5. The van der Waals surface area contributed by atoms with Gasteiger partial charge in [-0.05, 0) is 61.3 Å². The minimum Gasteiger partial charge on any atom is -0.362 e. The molecule has 196 valence electrons. The molecule has 2 N–H and O–H groups in total. The molecule has 3 aromatic carbocycles. The molecule has 1 aliphatic carbocycles. The van der Waals surface area contributed by atoms with Crippen LogP contribution < -0.4 is 15.5 Å². The third-order valence-corrected chi connectivity index (χ3v) is 7.55. The number of hydrogen-bond donors (Lipinski definition) is 2. The second kappa shape index (κ2) is 12.1. The molecule has 1 aromatic heterocycles. The van der Waals surface area contributed by atoms with Crippen molar-refractivity contribution in [3.8, 4) is 0 Å². The molecule has 1 saturated carbocycles. The first-order chi connectivity index (χ1) is 18.6. The van der Waals surface area contributed by atoms with Crippen molar-refractivity contribution in [2.75, 3.05) is 30.9 Å². The lowest BCUT2D eigenvalue weighted by atomic mass is 9.85. The van der Waals surface area contributed by atoms with Gasteiger partial charge in [-0.25, -0.2) is 4.98 Å². The molecule has 4 aromatic rings. The standard InChI is InChI=1S/C32H37N5O/c1-37(2)30-27-15-9-10-16-29(27)35-32(36-30)33-22-24-17-19-26(20-18-24)34-31(38)28(25-13-7-4-8-14-25)21-23-11-5-3-6-12-23/h3-16,24,26,28H,17-22H2,1-2H3,(H,34,38)(H,33,35,36). The van der Waals surface area contributed by atoms with Gasteiger partial charge in [0.2, 0.25) is 11.9 Å². The highest BCUT2D eigenvalue weighted by Crippen LogP contribution is 2.28. The van der Waals surface area contributed by atoms with Crippen LogP contribution in [0.2, 0.25) is 0 Å². The van der Waals surface area contributed by atoms with Gasteiger partial charge in [0.15, 0.2) is 0 Å². The fourth-order valence-corrected chi connectivity index (χ4v) is 5.43. The molecular formula is C32H37N5O. The van der Waals surface area contributed by atoms with Crippen molar-refractivity contribution < 1.29 is 4.79 Å². The van der Waals surface area contributed by atoms with E-state index in [-0.39, 0.29) is 17.9 Å². The summed E-state index contributed by atoms with van der Waals surface area (Å²) >= 11 is 0. The quantitative estimate of drug-likeness (QED) is 0.299. The molecular weight excluding hydrogens is 470 g/mol. The highest BCUT2D eigenvalue weighted by molar-refractivity contribution is 5.90. The summed E-state index contributed by atoms with van der Waals surface area (Å²) in [5.41, 5.74) is 3.20. The number of nitrogens with zero attached hydrogens (tertiary/aromatic N) is 3. The third kappa shape index (κ3) is 6.31. The first kappa shape index (κ1) is 25.7. The topological polar surface area (TPSA) is 70.2 Å². The summed E-state index contributed by atoms with van der Waals surface area (Å²) < 4.78 is 0. The molecule has 1 atom stereocenters. The summed E-state index contributed by atoms with van der Waals surface area (Å²) in [5.74, 6) is 2.08. The van der Waals surface area contributed by atoms with Gasteiger partial charge in [-0.2, -0.15) is 4.98 Å². The Morgan fingerprint density at radius 1 is 0.868 bits per heavy atom. The predicted molar refractivity (Wildman–Crippen MR) is 156 cm³/mol. The first-order valence-corrected chi connectivity index (χ1v) is 13.6. The van der Waals surface area contributed by atoms with E-state index in [9.17, 15) is 4.79 Å². The van der Waals surface area contributed by atoms with Gasteiger partial charge in [0.1, 0.15) is 5.82 Å². The number of amides is 1. The molecule has 0 spiro atoms. The van der Waals surface area contributed by atoms with Crippen molar-refractivity contribution in [3.05, 3.63) is 96.1 Å². The molecule has 6 heteroatoms. The second-order valence-corrected chi connectivity index (χ2v) is 10.5. The van der Waals surface area contributed by atoms with Crippen molar-refractivity contribution in [2.45, 2.75) is 44.1 Å². The van der Waals surface area contributed by atoms with Crippen molar-refractivity contribution in [2.24, 2.45) is 5.92 Å². The van der Waals surface area contributed by atoms with E-state index in [4.69, 9.17) is 9.97 Å². The molecule has 0 saturated heterocycles. The Morgan fingerprint density at radius 2 is 1.53 bits per heavy atom. The van der Waals surface area contributed by atoms with E-state index in [2.05, 4.69) is 41.0 Å². The number of carbonyl (C=O) groups excluding carboxylic acids is 1. The zero-order valence-electron chi connectivity index (χ0n) is 22.3. The van der Waals surface area contributed by atoms with Crippen molar-refractivity contribution in [1.82, 2.24) is 15.3 Å². The number of nitrogens with one attached hydrogen (secondary N) is 2. The Bertz CT molecular complexity index is 1330. The summed E-state index contributed by atoms with van der Waals surface area (Å²) in [5, 5.41) is 7.93. The molecule has 5 rings (SSSR count). The monoisotopic (exact) mass is 507 g/mol. The number of aromatic nitrogens is 2. The van der Waals surface area contributed by atoms with Gasteiger partial charge in [0, 0.05) is 32.1 Å². The second-order valence-electron chi connectivity index (χ2n) is 10.5. The van der Waals surface area contributed by atoms with E-state index in [1.54, 1.807) is 0 Å². The zero-order valence-corrected chi connectivity index (χ0v) is 22.3. The van der Waals surface area contributed by atoms with Gasteiger partial charge in [-0.1, -0.05) is 72.8 Å². The van der Waals surface area contributed by atoms with Gasteiger partial charge in [0.05, 0.1) is 11.4 Å². The lowest BCUT2D eigenvalue weighted by Crippen LogP contribution is -2.41. The molecule has 0 aliphatic heterocycles. The molecule has 1 fully saturated rings. The van der Waals surface area contributed by atoms with Gasteiger partial charge >= 0.3 is 0 Å². The number of anilines is 2. The van der Waals surface area contributed by atoms with E-state index in [1.807, 2.05) is 73.6 Å². The Balaban J connectivity index is 1.17. The fourth-order valence-electron chi connectivity index (χ4n) is 5.43. The Labute approximate surface area is 225 Å². The summed E-state index contributed by atoms with van der Waals surface area (Å²) in [6.07, 6.45) is 4.83. The van der Waals surface area contributed by atoms with Crippen molar-refractivity contribution >= 4 is 28.6 Å². The van der Waals surface area contributed by atoms with Crippen LogP contribution in [-0.2, 0) is 11.2 Å². The maximum absolute atomic E-state index is 13.5. The number of rotatable bonds is 9. The van der Waals surface area contributed by atoms with Crippen LogP contribution >= 0.6 is 0 Å². The summed E-state index contributed by atoms with van der Waals surface area (Å²) in [6, 6.07) is 28.8. The van der Waals surface area contributed by atoms with E-state index >= 15 is 0 Å². The number of benzene rings is 3. The van der Waals surface area contributed by atoms with Crippen LogP contribution in [0.5, 0.6) is 0 Å². The van der Waals surface area contributed by atoms with Gasteiger partial charge in [-0.3, -0.25) is 4.79 Å². The molecule has 1 amide bonds. The van der Waals surface area contributed by atoms with Gasteiger partial charge in [0.25, 0.3) is 0 Å². The maximum Gasteiger partial charge on any atom is 0.228 e. The number of carbonyl (C=O) groups is 1. The average molecular weight is 508 g/mol. The van der Waals surface area contributed by atoms with Crippen molar-refractivity contribution in [3.63, 3.8) is 0 Å². The molecule has 6 nitrogen and oxygen atoms in total. The van der Waals surface area contributed by atoms with Crippen molar-refractivity contribution in [1.29, 1.82) is 0 Å². The summed E-state index contributed by atoms with van der Waals surface area (Å²) in [6.45, 7) is 0.840. The first-order valence-electron chi connectivity index (χ1n) is 13.6. The van der Waals surface area contributed by atoms with E-state index in [0.29, 0.717) is 18.3 Å². The molecule has 0 bridgehead atoms. The molecule has 1 heterocycles. The Hall–Kier alpha value is -3.93. The number of para-hydroxylation sites is 1. The predicted octanol–water partition coefficient (Wildman–Crippen LogP) is 5.81. The minimum atomic E-state index is -0.186. The molecule has 0 radical (unpaired) electrons. The van der Waals surface area contributed by atoms with E-state index in [0.717, 1.165) is 54.5 Å². The largest absolute Gasteiger partial charge is 0.362 e. The maximum atomic E-state index is 13.5. The molecule has 1 unspecified atom stereocenters. The highest BCUT2D eigenvalue weighted by atomic mass is 16.1. The normalized spacial score (nSPS) is 18.1. The summed E-state index contributed by atoms with van der Waals surface area (Å²) in [4.78, 5) is 25.0. The lowest BCUT2D eigenvalue weighted by molar-refractivity contribution is -0.123. The van der Waals surface area contributed by atoms with E-state index in [1.165, 1.54) is 5.56 Å². The summed E-state index contributed by atoms with van der Waals surface area (Å²) in [7, 11) is 4.02.